The summed E-state index contributed by atoms with van der Waals surface area (Å²) < 4.78 is 40.3. The Balaban J connectivity index is 0.957. The number of carbonyl (C=O) groups excluding carboxylic acids is 18. The Kier molecular flexibility index (Phi) is 46.4. The maximum atomic E-state index is 15.3. The molecule has 32 N–H and O–H groups in total. The Morgan fingerprint density at radius 2 is 1.01 bits per heavy atom. The minimum atomic E-state index is -1.65. The Labute approximate surface area is 839 Å². The molecule has 3 aliphatic heterocycles. The van der Waals surface area contributed by atoms with Crippen molar-refractivity contribution in [2.24, 2.45) is 63.6 Å². The van der Waals surface area contributed by atoms with Gasteiger partial charge in [0.15, 0.2) is 34.9 Å². The number of ether oxygens (including phenoxy) is 7. The molecule has 4 aromatic rings. The maximum absolute atomic E-state index is 15.3. The fraction of sp³-hybridized carbons (Fsp3) is 0.565. The predicted octanol–water partition coefficient (Wildman–Crippen LogP) is -4.54. The Morgan fingerprint density at radius 1 is 0.521 bits per heavy atom. The number of H-pyrrole nitrogens is 1. The molecule has 2 fully saturated rings. The number of para-hydroxylation sites is 1. The number of rotatable bonds is 64. The van der Waals surface area contributed by atoms with Crippen molar-refractivity contribution in [3.63, 3.8) is 0 Å². The van der Waals surface area contributed by atoms with Gasteiger partial charge in [-0.3, -0.25) is 102 Å². The van der Waals surface area contributed by atoms with Gasteiger partial charge in [-0.15, -0.1) is 11.8 Å². The maximum Gasteiger partial charge on any atom is 0.310 e. The minimum Gasteiger partial charge on any atom is -0.493 e. The number of methoxy groups -OCH3 is 3. The predicted molar refractivity (Wildman–Crippen MR) is 525 cm³/mol. The second kappa shape index (κ2) is 57.9. The van der Waals surface area contributed by atoms with Crippen LogP contribution in [0.2, 0.25) is 0 Å². The third-order valence-corrected chi connectivity index (χ3v) is 26.3. The number of amides is 16. The molecule has 2 saturated heterocycles. The molecule has 4 heterocycles. The van der Waals surface area contributed by atoms with Crippen LogP contribution in [0, 0.1) is 28.6 Å². The van der Waals surface area contributed by atoms with Crippen molar-refractivity contribution in [3.05, 3.63) is 77.0 Å². The molecular weight excluding hydrogens is 1920 g/mol. The lowest BCUT2D eigenvalue weighted by molar-refractivity contribution is -0.155. The quantitative estimate of drug-likeness (QED) is 0.00651. The summed E-state index contributed by atoms with van der Waals surface area (Å²) in [7, 11) is 4.34. The van der Waals surface area contributed by atoms with E-state index in [9.17, 15) is 76.7 Å². The summed E-state index contributed by atoms with van der Waals surface area (Å²) in [6.07, 6.45) is 1.12. The number of fused-ring (bicyclic) bond motifs is 4. The first-order valence-electron chi connectivity index (χ1n) is 47.3. The van der Waals surface area contributed by atoms with Gasteiger partial charge in [0, 0.05) is 85.1 Å². The van der Waals surface area contributed by atoms with Crippen molar-refractivity contribution in [1.82, 2.24) is 79.0 Å². The highest BCUT2D eigenvalue weighted by Crippen LogP contribution is 2.57. The van der Waals surface area contributed by atoms with Crippen LogP contribution < -0.4 is 139 Å². The molecule has 1 aliphatic carbocycles. The van der Waals surface area contributed by atoms with Gasteiger partial charge >= 0.3 is 11.9 Å². The number of nitrogens with two attached hydrogens (primary N) is 8. The molecule has 144 heavy (non-hydrogen) atoms. The number of nitrogens with one attached hydrogen (secondary N) is 16. The molecule has 16 amide bonds. The van der Waals surface area contributed by atoms with Crippen molar-refractivity contribution in [3.8, 4) is 28.7 Å². The zero-order chi connectivity index (χ0) is 105. The summed E-state index contributed by atoms with van der Waals surface area (Å²) in [6.45, 7) is -0.377. The van der Waals surface area contributed by atoms with E-state index >= 15 is 9.59 Å². The molecule has 4 aliphatic rings. The molecule has 2 unspecified atom stereocenters. The summed E-state index contributed by atoms with van der Waals surface area (Å²) in [5.74, 6) is -18.5. The standard InChI is InChI=1S/C92H135N25O25S2/c1-47(23-24-69(96)118)79(124)115-62(39-70(97)119)88(133)113-59(22-15-31-104-92(101)102)83(128)111-58(21-14-30-103-91(99)100)84(129)114-60(26-33-143-5)86(131)110-57(20-10-13-29-95)85(130)116-61(34-49-41-105-54-17-7-6-16-50(49)54)87(132)112-56(19-9-12-28-94)82(127)109-55(18-8-11-27-93)80(125)107-43-72(121)108-63(81(126)106-42-71(98)120)45-144-68-40-73(122)117(89(68)134)32-25-74(123)142-77-52-38-65-64(140-46-141-65)37-51(52)75(76-53(77)44-139-90(76)135)48-35-66(136-2)78(138-4)67(36-48)137-3/h6-7,16-17,35-38,41,47,53,55-63,68,75-77,105H,8-15,18-34,39-40,42-46,93-95H2,1-5H3,(H2,96,118)(H2,97,119)(H2,98,120)(H,106,126)(H,107,125)(H,108,121)(H,109,127)(H,110,131)(H,111,128)(H,112,132)(H,113,133)(H,114,129)(H,115,124)(H,116,130)(H4,99,100,103)(H4,101,102,104)/t47-,53-,55-,56-,57-,58-,59-,60-,61-,62-,63?,68?,75+,76-,77-/m0/s1. The summed E-state index contributed by atoms with van der Waals surface area (Å²) >= 11 is 2.08. The van der Waals surface area contributed by atoms with Crippen LogP contribution >= 0.6 is 23.5 Å². The summed E-state index contributed by atoms with van der Waals surface area (Å²) in [5.41, 5.74) is 47.8. The van der Waals surface area contributed by atoms with Crippen LogP contribution in [0.1, 0.15) is 163 Å². The first-order valence-corrected chi connectivity index (χ1v) is 49.8. The van der Waals surface area contributed by atoms with E-state index in [0.29, 0.717) is 81.2 Å². The van der Waals surface area contributed by atoms with Gasteiger partial charge in [0.1, 0.15) is 60.5 Å². The molecule has 0 radical (unpaired) electrons. The summed E-state index contributed by atoms with van der Waals surface area (Å²) in [6, 6.07) is 0.116. The Bertz CT molecular complexity index is 5220. The van der Waals surface area contributed by atoms with Gasteiger partial charge in [0.25, 0.3) is 0 Å². The number of unbranched alkanes of at least 4 members (excludes halogenated alkanes) is 3. The van der Waals surface area contributed by atoms with E-state index in [4.69, 9.17) is 89.8 Å². The number of carbonyl (C=O) groups is 18. The lowest BCUT2D eigenvalue weighted by Crippen LogP contribution is -2.60. The van der Waals surface area contributed by atoms with Gasteiger partial charge < -0.3 is 153 Å². The molecule has 50 nitrogen and oxygen atoms in total. The number of imide groups is 1. The Morgan fingerprint density at radius 3 is 1.51 bits per heavy atom. The highest BCUT2D eigenvalue weighted by atomic mass is 32.2. The van der Waals surface area contributed by atoms with Gasteiger partial charge in [-0.1, -0.05) is 25.1 Å². The lowest BCUT2D eigenvalue weighted by atomic mass is 9.66. The highest BCUT2D eigenvalue weighted by Gasteiger charge is 2.55. The van der Waals surface area contributed by atoms with Crippen molar-refractivity contribution in [2.75, 3.05) is 105 Å². The number of likely N-dealkylation sites (tertiary alicyclic amines) is 1. The van der Waals surface area contributed by atoms with E-state index in [2.05, 4.69) is 74.1 Å². The average Bonchev–Trinajstić information content (AvgIpc) is 1.64. The topological polar surface area (TPSA) is 803 Å². The normalized spacial score (nSPS) is 17.4. The second-order valence-corrected chi connectivity index (χ2v) is 37.1. The minimum absolute atomic E-state index is 0.00146. The fourth-order valence-corrected chi connectivity index (χ4v) is 18.5. The van der Waals surface area contributed by atoms with Gasteiger partial charge in [0.05, 0.1) is 65.0 Å². The first kappa shape index (κ1) is 115. The van der Waals surface area contributed by atoms with E-state index in [-0.39, 0.29) is 142 Å². The van der Waals surface area contributed by atoms with Crippen LogP contribution in [0.3, 0.4) is 0 Å². The number of aromatic nitrogens is 1. The Hall–Kier alpha value is -14.0. The number of nitrogens with zero attached hydrogens (tertiary/aromatic N) is 1. The van der Waals surface area contributed by atoms with Gasteiger partial charge in [0.2, 0.25) is 107 Å². The molecule has 3 aromatic carbocycles. The number of benzene rings is 3. The lowest BCUT2D eigenvalue weighted by Gasteiger charge is -2.38. The van der Waals surface area contributed by atoms with Gasteiger partial charge in [-0.2, -0.15) is 11.8 Å². The SMILES string of the molecule is COc1cc([C@@H]2c3cc4c(cc3[C@H](OC(=O)CCN3C(=O)CC(SCC(NC(=O)CNC(=O)[C@H](CCCCN)NC(=O)[C@H](CCCCN)NC(=O)[C@H](Cc5c[nH]c6ccccc56)NC(=O)[C@H](CCCCN)NC(=O)[C@H](CCSC)NC(=O)[C@H](CCCNC(=N)N)NC(=O)[C@H](CCCNC(=N)N)NC(=O)[C@H](CC(N)=O)NC(=O)[C@@H](C)CCC(N)=O)C(=O)NCC(N)=O)C3=O)[C@H]3COC(=O)[C@H]23)OCO4)cc(OC)c1OC. The molecule has 52 heteroatoms. The molecular formula is C92H135N25O25S2. The smallest absolute Gasteiger partial charge is 0.310 e. The molecule has 15 atom stereocenters. The molecule has 1 aromatic heterocycles. The zero-order valence-corrected chi connectivity index (χ0v) is 82.7. The molecule has 790 valence electrons. The van der Waals surface area contributed by atoms with Crippen molar-refractivity contribution >= 4 is 153 Å². The first-order chi connectivity index (χ1) is 68.8. The number of guanidine groups is 2. The van der Waals surface area contributed by atoms with Crippen LogP contribution in [-0.4, -0.2) is 293 Å². The largest absolute Gasteiger partial charge is 0.493 e. The van der Waals surface area contributed by atoms with Crippen molar-refractivity contribution < 1.29 is 119 Å². The molecule has 0 bridgehead atoms. The number of hydrogen-bond donors (Lipinski definition) is 24. The van der Waals surface area contributed by atoms with Crippen LogP contribution in [-0.2, 0) is 102 Å². The average molecular weight is 2060 g/mol. The third kappa shape index (κ3) is 34.4. The number of cyclic esters (lactones) is 1. The highest BCUT2D eigenvalue weighted by molar-refractivity contribution is 8.00. The van der Waals surface area contributed by atoms with Crippen molar-refractivity contribution in [2.45, 2.75) is 207 Å². The summed E-state index contributed by atoms with van der Waals surface area (Å²) in [5, 5.41) is 48.6. The summed E-state index contributed by atoms with van der Waals surface area (Å²) in [4.78, 5) is 255. The van der Waals surface area contributed by atoms with E-state index < -0.39 is 252 Å². The van der Waals surface area contributed by atoms with E-state index in [1.807, 2.05) is 0 Å². The second-order valence-electron chi connectivity index (χ2n) is 34.9. The third-order valence-electron chi connectivity index (χ3n) is 24.4. The monoisotopic (exact) mass is 2050 g/mol. The van der Waals surface area contributed by atoms with Gasteiger partial charge in [-0.25, -0.2) is 0 Å². The molecule has 8 rings (SSSR count). The van der Waals surface area contributed by atoms with Crippen LogP contribution in [0.5, 0.6) is 28.7 Å². The van der Waals surface area contributed by atoms with Crippen LogP contribution in [0.15, 0.2) is 54.7 Å². The van der Waals surface area contributed by atoms with Crippen LogP contribution in [0.4, 0.5) is 0 Å². The van der Waals surface area contributed by atoms with E-state index in [1.54, 1.807) is 61.0 Å². The van der Waals surface area contributed by atoms with Crippen LogP contribution in [0.25, 0.3) is 10.9 Å². The number of esters is 2. The number of primary amides is 3. The zero-order valence-electron chi connectivity index (χ0n) is 81.1. The molecule has 0 spiro atoms. The number of hydrogen-bond acceptors (Lipinski definition) is 32. The molecule has 0 saturated carbocycles. The van der Waals surface area contributed by atoms with Gasteiger partial charge in [-0.05, 0) is 175 Å². The van der Waals surface area contributed by atoms with E-state index in [1.165, 1.54) is 40.0 Å². The number of aromatic amines is 1. The number of thioether (sulfide) groups is 2. The van der Waals surface area contributed by atoms with Crippen molar-refractivity contribution in [1.29, 1.82) is 10.8 Å². The van der Waals surface area contributed by atoms with E-state index in [0.717, 1.165) is 16.7 Å². The fourth-order valence-electron chi connectivity index (χ4n) is 16.8.